The zero-order chi connectivity index (χ0) is 17.9. The van der Waals surface area contributed by atoms with Crippen molar-refractivity contribution in [3.63, 3.8) is 0 Å². The summed E-state index contributed by atoms with van der Waals surface area (Å²) in [6.45, 7) is 3.84. The number of nitrogens with zero attached hydrogens (tertiary/aromatic N) is 1. The predicted molar refractivity (Wildman–Crippen MR) is 87.4 cm³/mol. The summed E-state index contributed by atoms with van der Waals surface area (Å²) >= 11 is 5.61. The highest BCUT2D eigenvalue weighted by atomic mass is 35.5. The third-order valence-corrected chi connectivity index (χ3v) is 3.22. The average molecular weight is 358 g/mol. The fourth-order valence-corrected chi connectivity index (χ4v) is 2.20. The molecule has 0 saturated heterocycles. The van der Waals surface area contributed by atoms with Crippen LogP contribution in [0.2, 0.25) is 5.02 Å². The van der Waals surface area contributed by atoms with Gasteiger partial charge in [0.2, 0.25) is 0 Å². The summed E-state index contributed by atoms with van der Waals surface area (Å²) in [5.41, 5.74) is -0.734. The number of nitrogens with one attached hydrogen (secondary N) is 2. The van der Waals surface area contributed by atoms with E-state index >= 15 is 0 Å². The number of carbonyl (C=O) groups excluding carboxylic acids is 1. The molecule has 1 aromatic heterocycles. The fourth-order valence-electron chi connectivity index (χ4n) is 2.02. The first-order valence-electron chi connectivity index (χ1n) is 7.07. The van der Waals surface area contributed by atoms with E-state index in [9.17, 15) is 18.0 Å². The summed E-state index contributed by atoms with van der Waals surface area (Å²) in [4.78, 5) is 16.1. The van der Waals surface area contributed by atoms with Crippen molar-refractivity contribution in [2.75, 3.05) is 10.6 Å². The molecular formula is C16H15ClF3N3O. The van der Waals surface area contributed by atoms with Gasteiger partial charge in [-0.2, -0.15) is 13.2 Å². The molecule has 0 radical (unpaired) electrons. The third-order valence-electron chi connectivity index (χ3n) is 2.98. The topological polar surface area (TPSA) is 54.0 Å². The molecule has 0 saturated carbocycles. The molecule has 4 nitrogen and oxygen atoms in total. The number of halogens is 4. The standard InChI is InChI=1S/C16H15ClF3N3O/c1-9(2)22-11-5-6-21-14(8-11)15(24)23-13-4-3-10(17)7-12(13)16(18,19)20/h3-9H,1-2H3,(H,21,22)(H,23,24). The molecule has 0 atom stereocenters. The summed E-state index contributed by atoms with van der Waals surface area (Å²) in [7, 11) is 0. The number of hydrogen-bond donors (Lipinski definition) is 2. The van der Waals surface area contributed by atoms with Crippen LogP contribution in [0.1, 0.15) is 29.9 Å². The van der Waals surface area contributed by atoms with Crippen LogP contribution in [0, 0.1) is 0 Å². The maximum absolute atomic E-state index is 13.1. The van der Waals surface area contributed by atoms with E-state index in [-0.39, 0.29) is 22.4 Å². The van der Waals surface area contributed by atoms with Gasteiger partial charge in [0.1, 0.15) is 5.69 Å². The van der Waals surface area contributed by atoms with Gasteiger partial charge in [-0.3, -0.25) is 9.78 Å². The molecule has 0 fully saturated rings. The van der Waals surface area contributed by atoms with Crippen molar-refractivity contribution < 1.29 is 18.0 Å². The molecule has 0 unspecified atom stereocenters. The van der Waals surface area contributed by atoms with Crippen LogP contribution in [0.15, 0.2) is 36.5 Å². The number of carbonyl (C=O) groups is 1. The molecule has 0 spiro atoms. The smallest absolute Gasteiger partial charge is 0.383 e. The van der Waals surface area contributed by atoms with Gasteiger partial charge in [-0.05, 0) is 44.2 Å². The Hall–Kier alpha value is -2.28. The van der Waals surface area contributed by atoms with Crippen LogP contribution in [-0.2, 0) is 6.18 Å². The van der Waals surface area contributed by atoms with Crippen LogP contribution in [0.25, 0.3) is 0 Å². The minimum absolute atomic E-state index is 0.00345. The van der Waals surface area contributed by atoms with E-state index in [0.29, 0.717) is 5.69 Å². The van der Waals surface area contributed by atoms with Crippen LogP contribution >= 0.6 is 11.6 Å². The van der Waals surface area contributed by atoms with Crippen molar-refractivity contribution >= 4 is 28.9 Å². The Kier molecular flexibility index (Phi) is 5.33. The second-order valence-electron chi connectivity index (χ2n) is 5.37. The van der Waals surface area contributed by atoms with Gasteiger partial charge >= 0.3 is 6.18 Å². The van der Waals surface area contributed by atoms with Crippen LogP contribution in [-0.4, -0.2) is 16.9 Å². The highest BCUT2D eigenvalue weighted by Gasteiger charge is 2.34. The number of amides is 1. The van der Waals surface area contributed by atoms with E-state index < -0.39 is 17.6 Å². The number of alkyl halides is 3. The first-order valence-corrected chi connectivity index (χ1v) is 7.45. The van der Waals surface area contributed by atoms with E-state index in [1.165, 1.54) is 18.3 Å². The Bertz CT molecular complexity index is 748. The van der Waals surface area contributed by atoms with Gasteiger partial charge in [0.15, 0.2) is 0 Å². The quantitative estimate of drug-likeness (QED) is 0.824. The summed E-state index contributed by atoms with van der Waals surface area (Å²) < 4.78 is 39.2. The van der Waals surface area contributed by atoms with E-state index in [1.807, 2.05) is 13.8 Å². The Balaban J connectivity index is 2.27. The molecule has 2 N–H and O–H groups in total. The van der Waals surface area contributed by atoms with Crippen molar-refractivity contribution in [2.45, 2.75) is 26.1 Å². The Morgan fingerprint density at radius 3 is 2.54 bits per heavy atom. The van der Waals surface area contributed by atoms with Crippen molar-refractivity contribution in [1.29, 1.82) is 0 Å². The molecule has 1 heterocycles. The van der Waals surface area contributed by atoms with Gasteiger partial charge in [-0.1, -0.05) is 11.6 Å². The SMILES string of the molecule is CC(C)Nc1ccnc(C(=O)Nc2ccc(Cl)cc2C(F)(F)F)c1. The van der Waals surface area contributed by atoms with E-state index in [4.69, 9.17) is 11.6 Å². The number of aromatic nitrogens is 1. The number of pyridine rings is 1. The molecule has 0 aliphatic rings. The van der Waals surface area contributed by atoms with Gasteiger partial charge < -0.3 is 10.6 Å². The lowest BCUT2D eigenvalue weighted by molar-refractivity contribution is -0.136. The van der Waals surface area contributed by atoms with Crippen LogP contribution < -0.4 is 10.6 Å². The average Bonchev–Trinajstić information content (AvgIpc) is 2.47. The van der Waals surface area contributed by atoms with Gasteiger partial charge in [-0.25, -0.2) is 0 Å². The Morgan fingerprint density at radius 2 is 1.92 bits per heavy atom. The Morgan fingerprint density at radius 1 is 1.21 bits per heavy atom. The maximum Gasteiger partial charge on any atom is 0.418 e. The molecule has 1 amide bonds. The molecule has 1 aromatic carbocycles. The van der Waals surface area contributed by atoms with E-state index in [2.05, 4.69) is 15.6 Å². The lowest BCUT2D eigenvalue weighted by atomic mass is 10.1. The van der Waals surface area contributed by atoms with Gasteiger partial charge in [0, 0.05) is 22.9 Å². The largest absolute Gasteiger partial charge is 0.418 e. The van der Waals surface area contributed by atoms with Crippen LogP contribution in [0.4, 0.5) is 24.5 Å². The molecule has 0 aliphatic heterocycles. The second-order valence-corrected chi connectivity index (χ2v) is 5.81. The monoisotopic (exact) mass is 357 g/mol. The Labute approximate surface area is 142 Å². The molecule has 24 heavy (non-hydrogen) atoms. The summed E-state index contributed by atoms with van der Waals surface area (Å²) in [6.07, 6.45) is -3.23. The van der Waals surface area contributed by atoms with Crippen molar-refractivity contribution in [2.24, 2.45) is 0 Å². The number of rotatable bonds is 4. The second kappa shape index (κ2) is 7.09. The maximum atomic E-state index is 13.1. The normalized spacial score (nSPS) is 11.5. The van der Waals surface area contributed by atoms with Crippen LogP contribution in [0.3, 0.4) is 0 Å². The fraction of sp³-hybridized carbons (Fsp3) is 0.250. The van der Waals surface area contributed by atoms with Gasteiger partial charge in [-0.15, -0.1) is 0 Å². The molecule has 0 aliphatic carbocycles. The predicted octanol–water partition coefficient (Wildman–Crippen LogP) is 4.83. The zero-order valence-electron chi connectivity index (χ0n) is 12.9. The molecule has 2 aromatic rings. The van der Waals surface area contributed by atoms with E-state index in [1.54, 1.807) is 6.07 Å². The summed E-state index contributed by atoms with van der Waals surface area (Å²) in [5, 5.41) is 5.25. The van der Waals surface area contributed by atoms with E-state index in [0.717, 1.165) is 12.1 Å². The lowest BCUT2D eigenvalue weighted by Crippen LogP contribution is -2.18. The van der Waals surface area contributed by atoms with Crippen molar-refractivity contribution in [1.82, 2.24) is 4.98 Å². The molecule has 8 heteroatoms. The van der Waals surface area contributed by atoms with Gasteiger partial charge in [0.05, 0.1) is 11.3 Å². The number of anilines is 2. The van der Waals surface area contributed by atoms with Gasteiger partial charge in [0.25, 0.3) is 5.91 Å². The molecule has 128 valence electrons. The molecule has 2 rings (SSSR count). The highest BCUT2D eigenvalue weighted by molar-refractivity contribution is 6.30. The zero-order valence-corrected chi connectivity index (χ0v) is 13.7. The first kappa shape index (κ1) is 18.1. The minimum atomic E-state index is -4.64. The minimum Gasteiger partial charge on any atom is -0.383 e. The summed E-state index contributed by atoms with van der Waals surface area (Å²) in [6, 6.07) is 6.42. The molecular weight excluding hydrogens is 343 g/mol. The molecule has 0 bridgehead atoms. The van der Waals surface area contributed by atoms with Crippen LogP contribution in [0.5, 0.6) is 0 Å². The number of hydrogen-bond acceptors (Lipinski definition) is 3. The third kappa shape index (κ3) is 4.61. The highest BCUT2D eigenvalue weighted by Crippen LogP contribution is 2.36. The number of benzene rings is 1. The lowest BCUT2D eigenvalue weighted by Gasteiger charge is -2.14. The first-order chi connectivity index (χ1) is 11.2. The van der Waals surface area contributed by atoms with Crippen molar-refractivity contribution in [3.8, 4) is 0 Å². The van der Waals surface area contributed by atoms with Crippen molar-refractivity contribution in [3.05, 3.63) is 52.8 Å². The summed E-state index contributed by atoms with van der Waals surface area (Å²) in [5.74, 6) is -0.741.